The molecule has 1 aromatic heterocycles. The molecule has 4 nitrogen and oxygen atoms in total. The molecule has 0 atom stereocenters. The Hall–Kier alpha value is -2.37. The van der Waals surface area contributed by atoms with Crippen molar-refractivity contribution in [1.29, 1.82) is 0 Å². The van der Waals surface area contributed by atoms with Crippen LogP contribution in [0.3, 0.4) is 0 Å². The summed E-state index contributed by atoms with van der Waals surface area (Å²) in [5.41, 5.74) is 1.71. The van der Waals surface area contributed by atoms with Gasteiger partial charge in [-0.05, 0) is 18.2 Å². The molecule has 1 heterocycles. The molecule has 0 saturated carbocycles. The Kier molecular flexibility index (Phi) is 4.60. The lowest BCUT2D eigenvalue weighted by Gasteiger charge is -2.05. The second-order valence-corrected chi connectivity index (χ2v) is 6.04. The summed E-state index contributed by atoms with van der Waals surface area (Å²) in [5.74, 6) is -0.804. The largest absolute Gasteiger partial charge is 0.507 e. The van der Waals surface area contributed by atoms with Crippen LogP contribution in [0, 0.1) is 0 Å². The molecule has 1 N–H and O–H groups in total. The molecule has 0 aliphatic carbocycles. The van der Waals surface area contributed by atoms with E-state index >= 15 is 0 Å². The van der Waals surface area contributed by atoms with Gasteiger partial charge in [0.25, 0.3) is 0 Å². The number of hydrogen-bond acceptors (Lipinski definition) is 5. The fourth-order valence-corrected chi connectivity index (χ4v) is 2.96. The Morgan fingerprint density at radius 3 is 2.78 bits per heavy atom. The molecule has 0 unspecified atom stereocenters. The van der Waals surface area contributed by atoms with E-state index in [1.807, 2.05) is 35.7 Å². The predicted molar refractivity (Wildman–Crippen MR) is 89.8 cm³/mol. The normalized spacial score (nSPS) is 10.5. The molecule has 0 fully saturated rings. The highest BCUT2D eigenvalue weighted by atomic mass is 35.5. The van der Waals surface area contributed by atoms with Gasteiger partial charge in [-0.15, -0.1) is 11.3 Å². The number of phenols is 1. The van der Waals surface area contributed by atoms with E-state index in [4.69, 9.17) is 16.3 Å². The molecule has 0 amide bonds. The number of hydrogen-bond donors (Lipinski definition) is 1. The zero-order chi connectivity index (χ0) is 16.2. The molecule has 0 bridgehead atoms. The standard InChI is InChI=1S/C17H12ClNO3S/c18-12-6-7-15(20)14(8-12)17(21)22-9-13-10-23-16(19-13)11-4-2-1-3-5-11/h1-8,10,20H,9H2. The van der Waals surface area contributed by atoms with Gasteiger partial charge < -0.3 is 9.84 Å². The lowest BCUT2D eigenvalue weighted by molar-refractivity contribution is 0.0465. The lowest BCUT2D eigenvalue weighted by Crippen LogP contribution is -2.05. The average Bonchev–Trinajstić information content (AvgIpc) is 3.05. The highest BCUT2D eigenvalue weighted by Gasteiger charge is 2.14. The van der Waals surface area contributed by atoms with E-state index in [9.17, 15) is 9.90 Å². The fraction of sp³-hybridized carbons (Fsp3) is 0.0588. The van der Waals surface area contributed by atoms with Crippen molar-refractivity contribution < 1.29 is 14.6 Å². The molecule has 0 aliphatic heterocycles. The van der Waals surface area contributed by atoms with E-state index in [0.29, 0.717) is 10.7 Å². The van der Waals surface area contributed by atoms with Crippen LogP contribution < -0.4 is 0 Å². The van der Waals surface area contributed by atoms with Crippen LogP contribution in [0.25, 0.3) is 10.6 Å². The van der Waals surface area contributed by atoms with Crippen molar-refractivity contribution in [2.24, 2.45) is 0 Å². The molecule has 6 heteroatoms. The van der Waals surface area contributed by atoms with E-state index in [0.717, 1.165) is 10.6 Å². The first-order valence-corrected chi connectivity index (χ1v) is 8.05. The third-order valence-corrected chi connectivity index (χ3v) is 4.28. The minimum absolute atomic E-state index is 0.0358. The average molecular weight is 346 g/mol. The number of carbonyl (C=O) groups is 1. The van der Waals surface area contributed by atoms with E-state index in [1.165, 1.54) is 29.5 Å². The molecule has 2 aromatic carbocycles. The van der Waals surface area contributed by atoms with Gasteiger partial charge in [-0.2, -0.15) is 0 Å². The molecule has 3 rings (SSSR count). The maximum absolute atomic E-state index is 12.0. The van der Waals surface area contributed by atoms with Crippen LogP contribution in [-0.4, -0.2) is 16.1 Å². The predicted octanol–water partition coefficient (Wildman–Crippen LogP) is 4.53. The van der Waals surface area contributed by atoms with Gasteiger partial charge in [0.2, 0.25) is 0 Å². The summed E-state index contributed by atoms with van der Waals surface area (Å²) < 4.78 is 5.19. The summed E-state index contributed by atoms with van der Waals surface area (Å²) in [6.45, 7) is 0.0358. The number of rotatable bonds is 4. The van der Waals surface area contributed by atoms with Crippen LogP contribution in [0.15, 0.2) is 53.9 Å². The highest BCUT2D eigenvalue weighted by Crippen LogP contribution is 2.25. The second kappa shape index (κ2) is 6.81. The first-order valence-electron chi connectivity index (χ1n) is 6.79. The van der Waals surface area contributed by atoms with Gasteiger partial charge in [0.15, 0.2) is 0 Å². The third-order valence-electron chi connectivity index (χ3n) is 3.10. The van der Waals surface area contributed by atoms with E-state index in [1.54, 1.807) is 0 Å². The summed E-state index contributed by atoms with van der Waals surface area (Å²) in [6.07, 6.45) is 0. The molecule has 0 aliphatic rings. The number of aromatic nitrogens is 1. The molecule has 0 saturated heterocycles. The third kappa shape index (κ3) is 3.70. The number of aromatic hydroxyl groups is 1. The Morgan fingerprint density at radius 2 is 2.00 bits per heavy atom. The van der Waals surface area contributed by atoms with Crippen LogP contribution in [0.1, 0.15) is 16.1 Å². The number of nitrogens with zero attached hydrogens (tertiary/aromatic N) is 1. The van der Waals surface area contributed by atoms with E-state index < -0.39 is 5.97 Å². The van der Waals surface area contributed by atoms with Crippen molar-refractivity contribution in [2.45, 2.75) is 6.61 Å². The number of ether oxygens (including phenoxy) is 1. The molecule has 116 valence electrons. The summed E-state index contributed by atoms with van der Waals surface area (Å²) in [6, 6.07) is 14.0. The Labute approximate surface area is 142 Å². The van der Waals surface area contributed by atoms with Crippen LogP contribution in [-0.2, 0) is 11.3 Å². The van der Waals surface area contributed by atoms with Gasteiger partial charge in [-0.1, -0.05) is 41.9 Å². The summed E-state index contributed by atoms with van der Waals surface area (Å²) in [5, 5.41) is 12.7. The van der Waals surface area contributed by atoms with Gasteiger partial charge in [0.1, 0.15) is 22.9 Å². The summed E-state index contributed by atoms with van der Waals surface area (Å²) >= 11 is 7.30. The summed E-state index contributed by atoms with van der Waals surface area (Å²) in [4.78, 5) is 16.4. The van der Waals surface area contributed by atoms with Gasteiger partial charge in [-0.25, -0.2) is 9.78 Å². The molecule has 23 heavy (non-hydrogen) atoms. The number of benzene rings is 2. The Morgan fingerprint density at radius 1 is 1.22 bits per heavy atom. The zero-order valence-corrected chi connectivity index (χ0v) is 13.5. The molecular formula is C17H12ClNO3S. The minimum Gasteiger partial charge on any atom is -0.507 e. The van der Waals surface area contributed by atoms with Crippen LogP contribution in [0.2, 0.25) is 5.02 Å². The highest BCUT2D eigenvalue weighted by molar-refractivity contribution is 7.13. The second-order valence-electron chi connectivity index (χ2n) is 4.75. The van der Waals surface area contributed by atoms with Crippen molar-refractivity contribution in [3.05, 3.63) is 70.2 Å². The van der Waals surface area contributed by atoms with E-state index in [2.05, 4.69) is 4.98 Å². The van der Waals surface area contributed by atoms with E-state index in [-0.39, 0.29) is 17.9 Å². The first-order chi connectivity index (χ1) is 11.1. The molecule has 3 aromatic rings. The number of phenolic OH excluding ortho intramolecular Hbond substituents is 1. The van der Waals surface area contributed by atoms with Gasteiger partial charge >= 0.3 is 5.97 Å². The zero-order valence-electron chi connectivity index (χ0n) is 11.9. The van der Waals surface area contributed by atoms with Gasteiger partial charge in [0.05, 0.1) is 5.69 Å². The fourth-order valence-electron chi connectivity index (χ4n) is 1.98. The van der Waals surface area contributed by atoms with Gasteiger partial charge in [0, 0.05) is 16.0 Å². The Bertz CT molecular complexity index is 833. The first kappa shape index (κ1) is 15.5. The number of thiazole rings is 1. The van der Waals surface area contributed by atoms with Crippen LogP contribution >= 0.6 is 22.9 Å². The Balaban J connectivity index is 1.68. The van der Waals surface area contributed by atoms with Crippen molar-refractivity contribution in [2.75, 3.05) is 0 Å². The molecule has 0 radical (unpaired) electrons. The molecular weight excluding hydrogens is 334 g/mol. The van der Waals surface area contributed by atoms with Crippen LogP contribution in [0.5, 0.6) is 5.75 Å². The number of esters is 1. The SMILES string of the molecule is O=C(OCc1csc(-c2ccccc2)n1)c1cc(Cl)ccc1O. The smallest absolute Gasteiger partial charge is 0.342 e. The van der Waals surface area contributed by atoms with Gasteiger partial charge in [-0.3, -0.25) is 0 Å². The van der Waals surface area contributed by atoms with Crippen LogP contribution in [0.4, 0.5) is 0 Å². The maximum Gasteiger partial charge on any atom is 0.342 e. The van der Waals surface area contributed by atoms with Crippen molar-refractivity contribution >= 4 is 28.9 Å². The number of halogens is 1. The number of carbonyl (C=O) groups excluding carboxylic acids is 1. The lowest BCUT2D eigenvalue weighted by atomic mass is 10.2. The molecule has 0 spiro atoms. The van der Waals surface area contributed by atoms with Crippen molar-refractivity contribution in [3.8, 4) is 16.3 Å². The van der Waals surface area contributed by atoms with Crippen molar-refractivity contribution in [3.63, 3.8) is 0 Å². The minimum atomic E-state index is -0.640. The van der Waals surface area contributed by atoms with Crippen molar-refractivity contribution in [1.82, 2.24) is 4.98 Å². The topological polar surface area (TPSA) is 59.4 Å². The summed E-state index contributed by atoms with van der Waals surface area (Å²) in [7, 11) is 0. The monoisotopic (exact) mass is 345 g/mol. The quantitative estimate of drug-likeness (QED) is 0.706. The maximum atomic E-state index is 12.0.